The van der Waals surface area contributed by atoms with Gasteiger partial charge in [0.15, 0.2) is 0 Å². The zero-order valence-electron chi connectivity index (χ0n) is 18.1. The smallest absolute Gasteiger partial charge is 0.228 e. The standard InChI is InChI=1S/C22H29N5OS2/c1-7-21-20(9-8-14-29-21)27(5)16-24-22(23-15-17(2)26(3)4)25-18-10-12-19(13-11-18)30(6)28/h7-8,10-16H,1,9H2,2-6H3,(H,23,25)/b17-15+,24-16?. The third-order valence-corrected chi connectivity index (χ3v) is 6.29. The van der Waals surface area contributed by atoms with Crippen molar-refractivity contribution < 1.29 is 4.21 Å². The minimum absolute atomic E-state index is 0.452. The molecule has 1 atom stereocenters. The van der Waals surface area contributed by atoms with E-state index in [4.69, 9.17) is 0 Å². The van der Waals surface area contributed by atoms with Gasteiger partial charge >= 0.3 is 0 Å². The second kappa shape index (κ2) is 11.6. The molecule has 2 rings (SSSR count). The Bertz CT molecular complexity index is 927. The summed E-state index contributed by atoms with van der Waals surface area (Å²) in [4.78, 5) is 14.9. The number of aliphatic imine (C=N–C) groups is 2. The number of hydrogen-bond donors (Lipinski definition) is 1. The normalized spacial score (nSPS) is 16.0. The molecule has 0 saturated heterocycles. The van der Waals surface area contributed by atoms with E-state index >= 15 is 0 Å². The predicted molar refractivity (Wildman–Crippen MR) is 132 cm³/mol. The Morgan fingerprint density at radius 2 is 1.97 bits per heavy atom. The van der Waals surface area contributed by atoms with Crippen LogP contribution in [0, 0.1) is 0 Å². The summed E-state index contributed by atoms with van der Waals surface area (Å²) < 4.78 is 11.6. The molecule has 1 aliphatic rings. The molecule has 1 aromatic carbocycles. The number of rotatable bonds is 7. The van der Waals surface area contributed by atoms with Gasteiger partial charge in [0.25, 0.3) is 0 Å². The number of guanidine groups is 1. The Morgan fingerprint density at radius 3 is 2.57 bits per heavy atom. The number of nitrogens with zero attached hydrogens (tertiary/aromatic N) is 4. The lowest BCUT2D eigenvalue weighted by molar-refractivity contribution is 0.512. The van der Waals surface area contributed by atoms with E-state index < -0.39 is 10.8 Å². The van der Waals surface area contributed by atoms with Gasteiger partial charge in [-0.25, -0.2) is 9.98 Å². The van der Waals surface area contributed by atoms with Gasteiger partial charge in [0.2, 0.25) is 5.96 Å². The number of nitrogens with one attached hydrogen (secondary N) is 1. The highest BCUT2D eigenvalue weighted by atomic mass is 32.2. The summed E-state index contributed by atoms with van der Waals surface area (Å²) >= 11 is 1.65. The summed E-state index contributed by atoms with van der Waals surface area (Å²) in [6, 6.07) is 7.41. The monoisotopic (exact) mass is 443 g/mol. The van der Waals surface area contributed by atoms with Crippen molar-refractivity contribution in [2.45, 2.75) is 18.2 Å². The minimum atomic E-state index is -1.01. The maximum atomic E-state index is 11.6. The maximum absolute atomic E-state index is 11.6. The summed E-state index contributed by atoms with van der Waals surface area (Å²) in [6.45, 7) is 5.88. The number of benzene rings is 1. The summed E-state index contributed by atoms with van der Waals surface area (Å²) in [5, 5.41) is 5.30. The molecule has 0 bridgehead atoms. The van der Waals surface area contributed by atoms with Gasteiger partial charge < -0.3 is 15.1 Å². The molecule has 1 N–H and O–H groups in total. The number of hydrogen-bond acceptors (Lipinski definition) is 4. The van der Waals surface area contributed by atoms with Crippen molar-refractivity contribution in [3.63, 3.8) is 0 Å². The van der Waals surface area contributed by atoms with E-state index in [1.807, 2.05) is 68.2 Å². The summed E-state index contributed by atoms with van der Waals surface area (Å²) in [5.74, 6) is 0.452. The first-order valence-corrected chi connectivity index (χ1v) is 11.8. The zero-order chi connectivity index (χ0) is 22.1. The Kier molecular flexibility index (Phi) is 9.14. The molecular weight excluding hydrogens is 414 g/mol. The maximum Gasteiger partial charge on any atom is 0.228 e. The molecule has 30 heavy (non-hydrogen) atoms. The van der Waals surface area contributed by atoms with Crippen LogP contribution in [0.4, 0.5) is 5.69 Å². The first-order chi connectivity index (χ1) is 14.3. The summed E-state index contributed by atoms with van der Waals surface area (Å²) in [5.41, 5.74) is 2.95. The molecule has 0 aliphatic carbocycles. The predicted octanol–water partition coefficient (Wildman–Crippen LogP) is 4.62. The Labute approximate surface area is 186 Å². The van der Waals surface area contributed by atoms with Crippen LogP contribution >= 0.6 is 11.8 Å². The molecular formula is C22H29N5OS2. The van der Waals surface area contributed by atoms with Crippen molar-refractivity contribution in [1.82, 2.24) is 9.80 Å². The molecule has 1 aromatic rings. The lowest BCUT2D eigenvalue weighted by Gasteiger charge is -2.21. The van der Waals surface area contributed by atoms with Crippen LogP contribution in [0.25, 0.3) is 0 Å². The second-order valence-electron chi connectivity index (χ2n) is 6.79. The molecule has 1 heterocycles. The van der Waals surface area contributed by atoms with Crippen molar-refractivity contribution in [1.29, 1.82) is 0 Å². The first kappa shape index (κ1) is 23.7. The highest BCUT2D eigenvalue weighted by molar-refractivity contribution is 8.06. The zero-order valence-corrected chi connectivity index (χ0v) is 19.8. The van der Waals surface area contributed by atoms with Crippen LogP contribution in [-0.2, 0) is 10.8 Å². The average molecular weight is 444 g/mol. The van der Waals surface area contributed by atoms with Gasteiger partial charge in [-0.1, -0.05) is 30.5 Å². The van der Waals surface area contributed by atoms with Crippen molar-refractivity contribution in [3.8, 4) is 0 Å². The fraction of sp³-hybridized carbons (Fsp3) is 0.273. The van der Waals surface area contributed by atoms with Crippen molar-refractivity contribution >= 4 is 40.5 Å². The van der Waals surface area contributed by atoms with Crippen LogP contribution < -0.4 is 5.32 Å². The van der Waals surface area contributed by atoms with Crippen LogP contribution in [0.15, 0.2) is 85.8 Å². The molecule has 0 fully saturated rings. The van der Waals surface area contributed by atoms with Crippen molar-refractivity contribution in [3.05, 3.63) is 70.9 Å². The summed E-state index contributed by atoms with van der Waals surface area (Å²) in [7, 11) is 4.88. The molecule has 0 saturated carbocycles. The van der Waals surface area contributed by atoms with Gasteiger partial charge in [-0.15, -0.1) is 0 Å². The molecule has 0 spiro atoms. The van der Waals surface area contributed by atoms with E-state index in [9.17, 15) is 4.21 Å². The van der Waals surface area contributed by atoms with Gasteiger partial charge in [0.1, 0.15) is 0 Å². The fourth-order valence-corrected chi connectivity index (χ4v) is 3.69. The van der Waals surface area contributed by atoms with Crippen LogP contribution in [0.3, 0.4) is 0 Å². The van der Waals surface area contributed by atoms with E-state index in [1.54, 1.807) is 30.6 Å². The molecule has 1 unspecified atom stereocenters. The first-order valence-electron chi connectivity index (χ1n) is 9.38. The quantitative estimate of drug-likeness (QED) is 0.492. The highest BCUT2D eigenvalue weighted by Gasteiger charge is 2.10. The highest BCUT2D eigenvalue weighted by Crippen LogP contribution is 2.30. The van der Waals surface area contributed by atoms with Gasteiger partial charge in [0, 0.05) is 77.7 Å². The van der Waals surface area contributed by atoms with Gasteiger partial charge in [-0.2, -0.15) is 0 Å². The lowest BCUT2D eigenvalue weighted by Crippen LogP contribution is -2.20. The molecule has 0 amide bonds. The number of allylic oxidation sites excluding steroid dienone is 3. The third-order valence-electron chi connectivity index (χ3n) is 4.37. The molecule has 0 radical (unpaired) electrons. The van der Waals surface area contributed by atoms with Crippen LogP contribution in [-0.4, -0.2) is 53.7 Å². The Hall–Kier alpha value is -2.58. The molecule has 6 nitrogen and oxygen atoms in total. The third kappa shape index (κ3) is 7.03. The second-order valence-corrected chi connectivity index (χ2v) is 9.11. The van der Waals surface area contributed by atoms with Crippen molar-refractivity contribution in [2.24, 2.45) is 9.98 Å². The average Bonchev–Trinajstić information content (AvgIpc) is 2.75. The van der Waals surface area contributed by atoms with Gasteiger partial charge in [0.05, 0.1) is 6.34 Å². The minimum Gasteiger partial charge on any atom is -0.380 e. The SMILES string of the molecule is C=CC1=C(N(C)C=NC(=N/C=C(\C)N(C)C)Nc2ccc(S(C)=O)cc2)CC=CS1. The van der Waals surface area contributed by atoms with Crippen LogP contribution in [0.1, 0.15) is 13.3 Å². The van der Waals surface area contributed by atoms with E-state index in [0.717, 1.165) is 33.3 Å². The van der Waals surface area contributed by atoms with Crippen molar-refractivity contribution in [2.75, 3.05) is 32.7 Å². The molecule has 8 heteroatoms. The topological polar surface area (TPSA) is 60.3 Å². The van der Waals surface area contributed by atoms with Gasteiger partial charge in [-0.3, -0.25) is 4.21 Å². The van der Waals surface area contributed by atoms with Crippen LogP contribution in [0.5, 0.6) is 0 Å². The Morgan fingerprint density at radius 1 is 1.27 bits per heavy atom. The largest absolute Gasteiger partial charge is 0.380 e. The van der Waals surface area contributed by atoms with Gasteiger partial charge in [-0.05, 0) is 36.6 Å². The number of anilines is 1. The van der Waals surface area contributed by atoms with E-state index in [1.165, 1.54) is 0 Å². The van der Waals surface area contributed by atoms with E-state index in [-0.39, 0.29) is 0 Å². The molecule has 0 aromatic heterocycles. The molecule has 1 aliphatic heterocycles. The fourth-order valence-electron chi connectivity index (χ4n) is 2.37. The van der Waals surface area contributed by atoms with E-state index in [2.05, 4.69) is 33.4 Å². The number of thioether (sulfide) groups is 1. The summed E-state index contributed by atoms with van der Waals surface area (Å²) in [6.07, 6.45) is 9.99. The molecule has 160 valence electrons. The van der Waals surface area contributed by atoms with E-state index in [0.29, 0.717) is 5.96 Å². The lowest BCUT2D eigenvalue weighted by atomic mass is 10.2. The van der Waals surface area contributed by atoms with Crippen LogP contribution in [0.2, 0.25) is 0 Å². The Balaban J connectivity index is 2.27.